The smallest absolute Gasteiger partial charge is 0.325 e. The number of carbonyl (C=O) groups is 2. The van der Waals surface area contributed by atoms with Crippen molar-refractivity contribution in [2.75, 3.05) is 0 Å². The Morgan fingerprint density at radius 2 is 2.00 bits per heavy atom. The van der Waals surface area contributed by atoms with Crippen LogP contribution in [0, 0.1) is 11.3 Å². The van der Waals surface area contributed by atoms with Crippen LogP contribution in [-0.2, 0) is 9.59 Å². The topological polar surface area (TPSA) is 90.2 Å². The molecular formula is C13H12N2O3. The van der Waals surface area contributed by atoms with Crippen LogP contribution >= 0.6 is 0 Å². The Morgan fingerprint density at radius 3 is 2.50 bits per heavy atom. The molecule has 2 N–H and O–H groups in total. The van der Waals surface area contributed by atoms with Gasteiger partial charge in [-0.15, -0.1) is 0 Å². The standard InChI is InChI=1S/C13H12N2O3/c1-9(13(17)18)15-12(16)7-6-10-2-4-11(8-14)5-3-10/h2-7,9H,1H3,(H,15,16)(H,17,18)/b7-6+. The third-order valence-electron chi connectivity index (χ3n) is 2.20. The average Bonchev–Trinajstić information content (AvgIpc) is 2.36. The Hall–Kier alpha value is -2.61. The lowest BCUT2D eigenvalue weighted by Crippen LogP contribution is -2.37. The lowest BCUT2D eigenvalue weighted by molar-refractivity contribution is -0.140. The lowest BCUT2D eigenvalue weighted by Gasteiger charge is -2.05. The molecule has 0 saturated carbocycles. The van der Waals surface area contributed by atoms with Crippen molar-refractivity contribution in [3.8, 4) is 6.07 Å². The first-order valence-corrected chi connectivity index (χ1v) is 5.24. The number of nitriles is 1. The van der Waals surface area contributed by atoms with Gasteiger partial charge in [-0.25, -0.2) is 0 Å². The number of carboxylic acid groups (broad SMARTS) is 1. The first-order chi connectivity index (χ1) is 8.52. The first kappa shape index (κ1) is 13.5. The second-order valence-electron chi connectivity index (χ2n) is 3.64. The molecule has 1 atom stereocenters. The van der Waals surface area contributed by atoms with Gasteiger partial charge >= 0.3 is 5.97 Å². The van der Waals surface area contributed by atoms with E-state index in [-0.39, 0.29) is 0 Å². The molecule has 0 aliphatic carbocycles. The molecule has 92 valence electrons. The quantitative estimate of drug-likeness (QED) is 0.777. The Bertz CT molecular complexity index is 512. The van der Waals surface area contributed by atoms with Crippen molar-refractivity contribution in [2.24, 2.45) is 0 Å². The fourth-order valence-corrected chi connectivity index (χ4v) is 1.16. The summed E-state index contributed by atoms with van der Waals surface area (Å²) in [4.78, 5) is 21.9. The molecule has 0 aliphatic heterocycles. The van der Waals surface area contributed by atoms with Crippen molar-refractivity contribution in [3.05, 3.63) is 41.5 Å². The minimum atomic E-state index is -1.09. The molecule has 0 spiro atoms. The van der Waals surface area contributed by atoms with E-state index in [0.717, 1.165) is 5.56 Å². The second kappa shape index (κ2) is 6.21. The third-order valence-corrected chi connectivity index (χ3v) is 2.20. The predicted octanol–water partition coefficient (Wildman–Crippen LogP) is 1.16. The summed E-state index contributed by atoms with van der Waals surface area (Å²) in [6.07, 6.45) is 2.80. The number of nitrogens with one attached hydrogen (secondary N) is 1. The Morgan fingerprint density at radius 1 is 1.39 bits per heavy atom. The fraction of sp³-hybridized carbons (Fsp3) is 0.154. The maximum Gasteiger partial charge on any atom is 0.325 e. The number of amides is 1. The number of carboxylic acids is 1. The number of hydrogen-bond acceptors (Lipinski definition) is 3. The van der Waals surface area contributed by atoms with Crippen LogP contribution < -0.4 is 5.32 Å². The average molecular weight is 244 g/mol. The van der Waals surface area contributed by atoms with Gasteiger partial charge in [0.2, 0.25) is 5.91 Å². The molecule has 1 unspecified atom stereocenters. The summed E-state index contributed by atoms with van der Waals surface area (Å²) in [5, 5.41) is 19.5. The molecule has 0 radical (unpaired) electrons. The van der Waals surface area contributed by atoms with Crippen molar-refractivity contribution in [3.63, 3.8) is 0 Å². The summed E-state index contributed by atoms with van der Waals surface area (Å²) in [5.74, 6) is -1.57. The molecule has 5 heteroatoms. The maximum absolute atomic E-state index is 11.3. The Kier molecular flexibility index (Phi) is 4.64. The van der Waals surface area contributed by atoms with Crippen LogP contribution in [0.3, 0.4) is 0 Å². The van der Waals surface area contributed by atoms with Gasteiger partial charge in [-0.05, 0) is 30.7 Å². The molecule has 0 heterocycles. The molecule has 0 bridgehead atoms. The lowest BCUT2D eigenvalue weighted by atomic mass is 10.1. The number of hydrogen-bond donors (Lipinski definition) is 2. The summed E-state index contributed by atoms with van der Waals surface area (Å²) in [5.41, 5.74) is 1.29. The zero-order valence-corrected chi connectivity index (χ0v) is 9.75. The zero-order valence-electron chi connectivity index (χ0n) is 9.75. The molecule has 0 aromatic heterocycles. The van der Waals surface area contributed by atoms with E-state index in [1.807, 2.05) is 6.07 Å². The number of benzene rings is 1. The zero-order chi connectivity index (χ0) is 13.5. The molecule has 5 nitrogen and oxygen atoms in total. The van der Waals surface area contributed by atoms with Crippen LogP contribution in [0.15, 0.2) is 30.3 Å². The van der Waals surface area contributed by atoms with Crippen molar-refractivity contribution in [1.29, 1.82) is 5.26 Å². The second-order valence-corrected chi connectivity index (χ2v) is 3.64. The van der Waals surface area contributed by atoms with Crippen molar-refractivity contribution in [1.82, 2.24) is 5.32 Å². The van der Waals surface area contributed by atoms with E-state index in [0.29, 0.717) is 5.56 Å². The summed E-state index contributed by atoms with van der Waals surface area (Å²) in [6, 6.07) is 7.73. The molecule has 1 aromatic carbocycles. The highest BCUT2D eigenvalue weighted by molar-refractivity contribution is 5.94. The number of rotatable bonds is 4. The molecule has 1 amide bonds. The van der Waals surface area contributed by atoms with E-state index < -0.39 is 17.9 Å². The van der Waals surface area contributed by atoms with Gasteiger partial charge in [0.15, 0.2) is 0 Å². The summed E-state index contributed by atoms with van der Waals surface area (Å²) < 4.78 is 0. The van der Waals surface area contributed by atoms with Crippen LogP contribution in [0.25, 0.3) is 6.08 Å². The molecule has 18 heavy (non-hydrogen) atoms. The van der Waals surface area contributed by atoms with Crippen LogP contribution in [0.1, 0.15) is 18.1 Å². The van der Waals surface area contributed by atoms with Gasteiger partial charge in [0.1, 0.15) is 6.04 Å². The Labute approximate surface area is 104 Å². The number of aliphatic carboxylic acids is 1. The molecule has 0 saturated heterocycles. The largest absolute Gasteiger partial charge is 0.480 e. The van der Waals surface area contributed by atoms with Crippen molar-refractivity contribution in [2.45, 2.75) is 13.0 Å². The minimum absolute atomic E-state index is 0.478. The highest BCUT2D eigenvalue weighted by atomic mass is 16.4. The van der Waals surface area contributed by atoms with Gasteiger partial charge in [-0.2, -0.15) is 5.26 Å². The van der Waals surface area contributed by atoms with E-state index in [4.69, 9.17) is 10.4 Å². The van der Waals surface area contributed by atoms with E-state index in [1.54, 1.807) is 30.3 Å². The highest BCUT2D eigenvalue weighted by Crippen LogP contribution is 2.04. The maximum atomic E-state index is 11.3. The van der Waals surface area contributed by atoms with Crippen molar-refractivity contribution >= 4 is 18.0 Å². The van der Waals surface area contributed by atoms with Crippen LogP contribution in [0.2, 0.25) is 0 Å². The van der Waals surface area contributed by atoms with E-state index in [2.05, 4.69) is 5.32 Å². The molecule has 0 fully saturated rings. The van der Waals surface area contributed by atoms with Gasteiger partial charge in [0, 0.05) is 6.08 Å². The van der Waals surface area contributed by atoms with Crippen LogP contribution in [0.4, 0.5) is 0 Å². The first-order valence-electron chi connectivity index (χ1n) is 5.24. The number of carbonyl (C=O) groups excluding carboxylic acids is 1. The minimum Gasteiger partial charge on any atom is -0.480 e. The third kappa shape index (κ3) is 4.10. The molecular weight excluding hydrogens is 232 g/mol. The summed E-state index contributed by atoms with van der Waals surface area (Å²) in [6.45, 7) is 1.38. The van der Waals surface area contributed by atoms with Gasteiger partial charge in [-0.3, -0.25) is 9.59 Å². The monoisotopic (exact) mass is 244 g/mol. The SMILES string of the molecule is CC(NC(=O)/C=C/c1ccc(C#N)cc1)C(=O)O. The predicted molar refractivity (Wildman–Crippen MR) is 65.4 cm³/mol. The van der Waals surface area contributed by atoms with Crippen molar-refractivity contribution < 1.29 is 14.7 Å². The van der Waals surface area contributed by atoms with E-state index in [1.165, 1.54) is 13.0 Å². The normalized spacial score (nSPS) is 11.8. The van der Waals surface area contributed by atoms with Crippen LogP contribution in [-0.4, -0.2) is 23.0 Å². The molecule has 1 rings (SSSR count). The van der Waals surface area contributed by atoms with Gasteiger partial charge < -0.3 is 10.4 Å². The van der Waals surface area contributed by atoms with Gasteiger partial charge in [0.05, 0.1) is 11.6 Å². The fourth-order valence-electron chi connectivity index (χ4n) is 1.16. The highest BCUT2D eigenvalue weighted by Gasteiger charge is 2.11. The summed E-state index contributed by atoms with van der Waals surface area (Å²) in [7, 11) is 0. The Balaban J connectivity index is 2.61. The van der Waals surface area contributed by atoms with E-state index in [9.17, 15) is 9.59 Å². The molecule has 1 aromatic rings. The molecule has 0 aliphatic rings. The van der Waals surface area contributed by atoms with Crippen LogP contribution in [0.5, 0.6) is 0 Å². The number of nitrogens with zero attached hydrogens (tertiary/aromatic N) is 1. The van der Waals surface area contributed by atoms with Gasteiger partial charge in [-0.1, -0.05) is 12.1 Å². The van der Waals surface area contributed by atoms with Gasteiger partial charge in [0.25, 0.3) is 0 Å². The summed E-state index contributed by atoms with van der Waals surface area (Å²) >= 11 is 0. The van der Waals surface area contributed by atoms with E-state index >= 15 is 0 Å².